The smallest absolute Gasteiger partial charge is 0.200 e. The lowest BCUT2D eigenvalue weighted by atomic mass is 10.1. The Labute approximate surface area is 123 Å². The maximum atomic E-state index is 5.23. The summed E-state index contributed by atoms with van der Waals surface area (Å²) in [4.78, 5) is 8.88. The maximum absolute atomic E-state index is 5.23. The lowest BCUT2D eigenvalue weighted by molar-refractivity contribution is -0.108. The van der Waals surface area contributed by atoms with Crippen molar-refractivity contribution in [2.45, 2.75) is 6.29 Å². The maximum Gasteiger partial charge on any atom is 0.200 e. The predicted molar refractivity (Wildman–Crippen MR) is 81.7 cm³/mol. The molecule has 0 N–H and O–H groups in total. The van der Waals surface area contributed by atoms with Crippen LogP contribution < -0.4 is 0 Å². The molecule has 0 amide bonds. The number of hydrogen-bond acceptors (Lipinski definition) is 4. The Morgan fingerprint density at radius 1 is 0.905 bits per heavy atom. The minimum atomic E-state index is -0.479. The highest BCUT2D eigenvalue weighted by molar-refractivity contribution is 5.86. The van der Waals surface area contributed by atoms with Crippen molar-refractivity contribution < 1.29 is 9.47 Å². The van der Waals surface area contributed by atoms with E-state index in [0.29, 0.717) is 11.5 Å². The highest BCUT2D eigenvalue weighted by atomic mass is 16.7. The second-order valence-electron chi connectivity index (χ2n) is 4.67. The van der Waals surface area contributed by atoms with Crippen molar-refractivity contribution in [2.24, 2.45) is 0 Å². The summed E-state index contributed by atoms with van der Waals surface area (Å²) in [5.41, 5.74) is 1.68. The average Bonchev–Trinajstić information content (AvgIpc) is 2.56. The first-order valence-corrected chi connectivity index (χ1v) is 6.69. The monoisotopic (exact) mass is 280 g/mol. The Bertz CT molecular complexity index is 754. The minimum Gasteiger partial charge on any atom is -0.350 e. The number of nitrogens with zero attached hydrogens (tertiary/aromatic N) is 2. The van der Waals surface area contributed by atoms with Gasteiger partial charge in [0.2, 0.25) is 6.29 Å². The van der Waals surface area contributed by atoms with Gasteiger partial charge in [0.1, 0.15) is 5.69 Å². The molecule has 0 aliphatic rings. The van der Waals surface area contributed by atoms with E-state index in [0.717, 1.165) is 5.56 Å². The van der Waals surface area contributed by atoms with E-state index in [9.17, 15) is 0 Å². The van der Waals surface area contributed by atoms with Gasteiger partial charge in [-0.1, -0.05) is 36.4 Å². The summed E-state index contributed by atoms with van der Waals surface area (Å²) in [6.45, 7) is 0. The summed E-state index contributed by atoms with van der Waals surface area (Å²) in [7, 11) is 3.18. The average molecular weight is 280 g/mol. The number of aromatic nitrogens is 2. The summed E-state index contributed by atoms with van der Waals surface area (Å²) in [6, 6.07) is 16.2. The Kier molecular flexibility index (Phi) is 3.90. The molecule has 106 valence electrons. The summed E-state index contributed by atoms with van der Waals surface area (Å²) >= 11 is 0. The second-order valence-corrected chi connectivity index (χ2v) is 4.67. The van der Waals surface area contributed by atoms with Crippen molar-refractivity contribution in [3.05, 3.63) is 60.4 Å². The van der Waals surface area contributed by atoms with Crippen LogP contribution in [0.4, 0.5) is 0 Å². The quantitative estimate of drug-likeness (QED) is 0.685. The fourth-order valence-corrected chi connectivity index (χ4v) is 2.31. The van der Waals surface area contributed by atoms with Gasteiger partial charge in [-0.15, -0.1) is 0 Å². The molecule has 1 heterocycles. The van der Waals surface area contributed by atoms with Crippen LogP contribution in [0.5, 0.6) is 0 Å². The highest BCUT2D eigenvalue weighted by Crippen LogP contribution is 2.23. The van der Waals surface area contributed by atoms with Crippen LogP contribution in [0.1, 0.15) is 12.0 Å². The zero-order chi connectivity index (χ0) is 14.7. The zero-order valence-electron chi connectivity index (χ0n) is 12.0. The van der Waals surface area contributed by atoms with Crippen LogP contribution in [0.2, 0.25) is 0 Å². The van der Waals surface area contributed by atoms with Gasteiger partial charge in [0, 0.05) is 26.0 Å². The van der Waals surface area contributed by atoms with Crippen molar-refractivity contribution in [2.75, 3.05) is 14.2 Å². The van der Waals surface area contributed by atoms with Gasteiger partial charge in [0.15, 0.2) is 5.82 Å². The van der Waals surface area contributed by atoms with E-state index in [2.05, 4.69) is 34.2 Å². The molecule has 0 saturated heterocycles. The van der Waals surface area contributed by atoms with E-state index in [1.165, 1.54) is 10.8 Å². The van der Waals surface area contributed by atoms with Gasteiger partial charge in [-0.25, -0.2) is 9.97 Å². The number of methoxy groups -OCH3 is 2. The molecule has 3 aromatic rings. The molecule has 1 aromatic heterocycles. The summed E-state index contributed by atoms with van der Waals surface area (Å²) in [6.07, 6.45) is 1.24. The van der Waals surface area contributed by atoms with Crippen molar-refractivity contribution in [3.63, 3.8) is 0 Å². The Hall–Kier alpha value is -2.30. The van der Waals surface area contributed by atoms with Crippen LogP contribution in [0.3, 0.4) is 0 Å². The lowest BCUT2D eigenvalue weighted by Gasteiger charge is -2.13. The van der Waals surface area contributed by atoms with Crippen LogP contribution in [0.25, 0.3) is 22.2 Å². The zero-order valence-corrected chi connectivity index (χ0v) is 12.0. The molecular formula is C17H16N2O2. The van der Waals surface area contributed by atoms with Gasteiger partial charge < -0.3 is 9.47 Å². The second kappa shape index (κ2) is 5.99. The molecule has 0 atom stereocenters. The molecule has 0 fully saturated rings. The van der Waals surface area contributed by atoms with Gasteiger partial charge in [0.05, 0.1) is 0 Å². The lowest BCUT2D eigenvalue weighted by Crippen LogP contribution is -2.07. The fraction of sp³-hybridized carbons (Fsp3) is 0.176. The standard InChI is InChI=1S/C17H16N2O2/c1-20-17(21-2)15-9-10-18-16(19-15)14-8-7-12-5-3-4-6-13(12)11-14/h3-11,17H,1-2H3. The molecule has 0 bridgehead atoms. The number of ether oxygens (including phenoxy) is 2. The molecule has 0 unspecified atom stereocenters. The topological polar surface area (TPSA) is 44.2 Å². The molecule has 0 radical (unpaired) electrons. The normalized spacial score (nSPS) is 11.2. The first kappa shape index (κ1) is 13.7. The Morgan fingerprint density at radius 2 is 1.67 bits per heavy atom. The van der Waals surface area contributed by atoms with Gasteiger partial charge in [-0.2, -0.15) is 0 Å². The molecule has 4 nitrogen and oxygen atoms in total. The molecule has 0 aliphatic carbocycles. The van der Waals surface area contributed by atoms with E-state index in [1.807, 2.05) is 18.2 Å². The van der Waals surface area contributed by atoms with E-state index in [-0.39, 0.29) is 0 Å². The van der Waals surface area contributed by atoms with E-state index < -0.39 is 6.29 Å². The molecule has 3 rings (SSSR count). The van der Waals surface area contributed by atoms with Gasteiger partial charge in [-0.3, -0.25) is 0 Å². The van der Waals surface area contributed by atoms with E-state index >= 15 is 0 Å². The molecule has 0 aliphatic heterocycles. The van der Waals surface area contributed by atoms with Crippen LogP contribution in [0.15, 0.2) is 54.7 Å². The summed E-state index contributed by atoms with van der Waals surface area (Å²) in [5, 5.41) is 2.36. The highest BCUT2D eigenvalue weighted by Gasteiger charge is 2.12. The summed E-state index contributed by atoms with van der Waals surface area (Å²) < 4.78 is 10.5. The third-order valence-electron chi connectivity index (χ3n) is 3.35. The Balaban J connectivity index is 2.03. The molecule has 0 saturated carbocycles. The van der Waals surface area contributed by atoms with Crippen LogP contribution in [-0.2, 0) is 9.47 Å². The van der Waals surface area contributed by atoms with Crippen LogP contribution in [0, 0.1) is 0 Å². The minimum absolute atomic E-state index is 0.479. The molecule has 2 aromatic carbocycles. The molecule has 4 heteroatoms. The van der Waals surface area contributed by atoms with Crippen LogP contribution >= 0.6 is 0 Å². The molecule has 0 spiro atoms. The van der Waals surface area contributed by atoms with E-state index in [1.54, 1.807) is 26.5 Å². The third-order valence-corrected chi connectivity index (χ3v) is 3.35. The van der Waals surface area contributed by atoms with Gasteiger partial charge >= 0.3 is 0 Å². The van der Waals surface area contributed by atoms with Crippen LogP contribution in [-0.4, -0.2) is 24.2 Å². The summed E-state index contributed by atoms with van der Waals surface area (Å²) in [5.74, 6) is 0.664. The van der Waals surface area contributed by atoms with Crippen molar-refractivity contribution in [3.8, 4) is 11.4 Å². The number of hydrogen-bond donors (Lipinski definition) is 0. The number of benzene rings is 2. The van der Waals surface area contributed by atoms with Crippen molar-refractivity contribution in [1.29, 1.82) is 0 Å². The first-order chi connectivity index (χ1) is 10.3. The SMILES string of the molecule is COC(OC)c1ccnc(-c2ccc3ccccc3c2)n1. The predicted octanol–water partition coefficient (Wildman–Crippen LogP) is 3.59. The van der Waals surface area contributed by atoms with Gasteiger partial charge in [-0.05, 0) is 22.9 Å². The van der Waals surface area contributed by atoms with Crippen molar-refractivity contribution >= 4 is 10.8 Å². The van der Waals surface area contributed by atoms with Gasteiger partial charge in [0.25, 0.3) is 0 Å². The van der Waals surface area contributed by atoms with E-state index in [4.69, 9.17) is 9.47 Å². The number of rotatable bonds is 4. The fourth-order valence-electron chi connectivity index (χ4n) is 2.31. The number of fused-ring (bicyclic) bond motifs is 1. The molecule has 21 heavy (non-hydrogen) atoms. The largest absolute Gasteiger partial charge is 0.350 e. The van der Waals surface area contributed by atoms with Crippen molar-refractivity contribution in [1.82, 2.24) is 9.97 Å². The molecular weight excluding hydrogens is 264 g/mol. The third kappa shape index (κ3) is 2.77. The first-order valence-electron chi connectivity index (χ1n) is 6.69. The Morgan fingerprint density at radius 3 is 2.43 bits per heavy atom.